The van der Waals surface area contributed by atoms with Gasteiger partial charge < -0.3 is 19.5 Å². The minimum Gasteiger partial charge on any atom is -0.490 e. The summed E-state index contributed by atoms with van der Waals surface area (Å²) in [5.41, 5.74) is 0.434. The number of nitrogens with one attached hydrogen (secondary N) is 1. The molecule has 0 spiro atoms. The molecular weight excluding hydrogens is 318 g/mol. The van der Waals surface area contributed by atoms with Crippen LogP contribution in [0.25, 0.3) is 0 Å². The number of hydrogen-bond donors (Lipinski definition) is 1. The number of carbonyl (C=O) groups is 1. The lowest BCUT2D eigenvalue weighted by Crippen LogP contribution is -2.35. The van der Waals surface area contributed by atoms with Crippen molar-refractivity contribution in [3.63, 3.8) is 0 Å². The van der Waals surface area contributed by atoms with Crippen LogP contribution < -0.4 is 14.8 Å². The molecule has 0 fully saturated rings. The first-order valence-corrected chi connectivity index (χ1v) is 8.30. The maximum atomic E-state index is 12.3. The molecule has 0 saturated carbocycles. The van der Waals surface area contributed by atoms with E-state index in [0.717, 1.165) is 12.8 Å². The first-order chi connectivity index (χ1) is 11.0. The summed E-state index contributed by atoms with van der Waals surface area (Å²) in [6.07, 6.45) is 1.96. The van der Waals surface area contributed by atoms with Crippen LogP contribution in [-0.2, 0) is 4.74 Å². The Hall–Kier alpha value is -1.46. The molecule has 1 atom stereocenters. The van der Waals surface area contributed by atoms with E-state index in [1.54, 1.807) is 19.2 Å². The zero-order valence-electron chi connectivity index (χ0n) is 14.3. The second kappa shape index (κ2) is 10.3. The van der Waals surface area contributed by atoms with Crippen LogP contribution in [-0.4, -0.2) is 38.9 Å². The molecule has 0 aliphatic carbocycles. The van der Waals surface area contributed by atoms with Gasteiger partial charge in [-0.2, -0.15) is 0 Å². The van der Waals surface area contributed by atoms with E-state index in [1.165, 1.54) is 0 Å². The topological polar surface area (TPSA) is 56.8 Å². The van der Waals surface area contributed by atoms with Crippen LogP contribution in [0.4, 0.5) is 0 Å². The van der Waals surface area contributed by atoms with Gasteiger partial charge in [-0.05, 0) is 32.4 Å². The predicted molar refractivity (Wildman–Crippen MR) is 91.8 cm³/mol. The molecule has 1 aromatic rings. The van der Waals surface area contributed by atoms with E-state index in [9.17, 15) is 4.79 Å². The van der Waals surface area contributed by atoms with E-state index in [4.69, 9.17) is 25.8 Å². The Balaban J connectivity index is 2.95. The first kappa shape index (κ1) is 19.6. The van der Waals surface area contributed by atoms with E-state index < -0.39 is 0 Å². The Morgan fingerprint density at radius 3 is 2.65 bits per heavy atom. The Morgan fingerprint density at radius 1 is 1.30 bits per heavy atom. The van der Waals surface area contributed by atoms with Gasteiger partial charge in [-0.15, -0.1) is 0 Å². The van der Waals surface area contributed by atoms with E-state index in [1.807, 2.05) is 13.8 Å². The maximum absolute atomic E-state index is 12.3. The first-order valence-electron chi connectivity index (χ1n) is 7.92. The van der Waals surface area contributed by atoms with E-state index in [2.05, 4.69) is 12.2 Å². The molecule has 5 nitrogen and oxygen atoms in total. The fraction of sp³-hybridized carbons (Fsp3) is 0.588. The standard InChI is InChI=1S/C17H26ClNO4/c1-5-7-8-23-16-14(18)9-13(10-15(16)22-6-2)17(20)19-12(3)11-21-4/h9-10,12H,5-8,11H2,1-4H3,(H,19,20). The molecule has 1 rings (SSSR count). The van der Waals surface area contributed by atoms with Crippen LogP contribution in [0, 0.1) is 0 Å². The van der Waals surface area contributed by atoms with Gasteiger partial charge in [-0.1, -0.05) is 24.9 Å². The molecule has 0 bridgehead atoms. The van der Waals surface area contributed by atoms with Gasteiger partial charge in [-0.25, -0.2) is 0 Å². The smallest absolute Gasteiger partial charge is 0.251 e. The van der Waals surface area contributed by atoms with Crippen molar-refractivity contribution in [1.82, 2.24) is 5.32 Å². The van der Waals surface area contributed by atoms with Crippen LogP contribution in [0.2, 0.25) is 5.02 Å². The quantitative estimate of drug-likeness (QED) is 0.658. The molecule has 0 aliphatic heterocycles. The summed E-state index contributed by atoms with van der Waals surface area (Å²) in [5, 5.41) is 3.22. The Kier molecular flexibility index (Phi) is 8.81. The number of benzene rings is 1. The van der Waals surface area contributed by atoms with Crippen molar-refractivity contribution in [3.05, 3.63) is 22.7 Å². The molecule has 0 saturated heterocycles. The molecule has 1 N–H and O–H groups in total. The van der Waals surface area contributed by atoms with Crippen LogP contribution in [0.1, 0.15) is 44.0 Å². The van der Waals surface area contributed by atoms with Crippen LogP contribution in [0.15, 0.2) is 12.1 Å². The van der Waals surface area contributed by atoms with Crippen LogP contribution in [0.3, 0.4) is 0 Å². The Morgan fingerprint density at radius 2 is 2.04 bits per heavy atom. The molecule has 1 aromatic carbocycles. The highest BCUT2D eigenvalue weighted by molar-refractivity contribution is 6.32. The number of rotatable bonds is 10. The Bertz CT molecular complexity index is 508. The Labute approximate surface area is 143 Å². The molecule has 0 radical (unpaired) electrons. The fourth-order valence-corrected chi connectivity index (χ4v) is 2.28. The highest BCUT2D eigenvalue weighted by Crippen LogP contribution is 2.36. The number of halogens is 1. The van der Waals surface area contributed by atoms with Crippen LogP contribution in [0.5, 0.6) is 11.5 Å². The monoisotopic (exact) mass is 343 g/mol. The number of carbonyl (C=O) groups excluding carboxylic acids is 1. The van der Waals surface area contributed by atoms with Gasteiger partial charge in [0.1, 0.15) is 0 Å². The molecule has 0 aliphatic rings. The number of unbranched alkanes of at least 4 members (excludes halogenated alkanes) is 1. The number of amides is 1. The second-order valence-corrected chi connectivity index (χ2v) is 5.66. The van der Waals surface area contributed by atoms with E-state index in [-0.39, 0.29) is 11.9 Å². The van der Waals surface area contributed by atoms with Crippen molar-refractivity contribution >= 4 is 17.5 Å². The molecule has 1 amide bonds. The SMILES string of the molecule is CCCCOc1c(Cl)cc(C(=O)NC(C)COC)cc1OCC. The molecule has 0 aromatic heterocycles. The summed E-state index contributed by atoms with van der Waals surface area (Å²) in [6.45, 7) is 7.29. The summed E-state index contributed by atoms with van der Waals surface area (Å²) in [6, 6.07) is 3.16. The average molecular weight is 344 g/mol. The molecule has 0 heterocycles. The van der Waals surface area contributed by atoms with Gasteiger partial charge in [0.25, 0.3) is 5.91 Å². The molecule has 23 heavy (non-hydrogen) atoms. The van der Waals surface area contributed by atoms with Gasteiger partial charge in [0.2, 0.25) is 0 Å². The van der Waals surface area contributed by atoms with Gasteiger partial charge in [0, 0.05) is 18.7 Å². The molecular formula is C17H26ClNO4. The molecule has 130 valence electrons. The maximum Gasteiger partial charge on any atom is 0.251 e. The highest BCUT2D eigenvalue weighted by atomic mass is 35.5. The zero-order chi connectivity index (χ0) is 17.2. The number of hydrogen-bond acceptors (Lipinski definition) is 4. The van der Waals surface area contributed by atoms with E-state index in [0.29, 0.717) is 41.9 Å². The minimum atomic E-state index is -0.225. The lowest BCUT2D eigenvalue weighted by Gasteiger charge is -2.16. The van der Waals surface area contributed by atoms with Crippen molar-refractivity contribution in [2.24, 2.45) is 0 Å². The van der Waals surface area contributed by atoms with Gasteiger partial charge in [0.15, 0.2) is 11.5 Å². The van der Waals surface area contributed by atoms with Gasteiger partial charge >= 0.3 is 0 Å². The fourth-order valence-electron chi connectivity index (χ4n) is 2.02. The third-order valence-corrected chi connectivity index (χ3v) is 3.39. The van der Waals surface area contributed by atoms with Gasteiger partial charge in [-0.3, -0.25) is 4.79 Å². The number of ether oxygens (including phenoxy) is 3. The average Bonchev–Trinajstić information content (AvgIpc) is 2.50. The van der Waals surface area contributed by atoms with Crippen molar-refractivity contribution in [2.75, 3.05) is 26.9 Å². The summed E-state index contributed by atoms with van der Waals surface area (Å²) in [4.78, 5) is 12.3. The molecule has 6 heteroatoms. The number of methoxy groups -OCH3 is 1. The summed E-state index contributed by atoms with van der Waals surface area (Å²) < 4.78 is 16.3. The normalized spacial score (nSPS) is 11.9. The third kappa shape index (κ3) is 6.28. The third-order valence-electron chi connectivity index (χ3n) is 3.11. The highest BCUT2D eigenvalue weighted by Gasteiger charge is 2.17. The van der Waals surface area contributed by atoms with Crippen LogP contribution >= 0.6 is 11.6 Å². The zero-order valence-corrected chi connectivity index (χ0v) is 15.0. The predicted octanol–water partition coefficient (Wildman–Crippen LogP) is 3.68. The van der Waals surface area contributed by atoms with Crippen molar-refractivity contribution in [1.29, 1.82) is 0 Å². The largest absolute Gasteiger partial charge is 0.490 e. The second-order valence-electron chi connectivity index (χ2n) is 5.25. The van der Waals surface area contributed by atoms with Crippen molar-refractivity contribution in [3.8, 4) is 11.5 Å². The minimum absolute atomic E-state index is 0.0951. The van der Waals surface area contributed by atoms with Crippen molar-refractivity contribution in [2.45, 2.75) is 39.7 Å². The lowest BCUT2D eigenvalue weighted by atomic mass is 10.1. The van der Waals surface area contributed by atoms with E-state index >= 15 is 0 Å². The lowest BCUT2D eigenvalue weighted by molar-refractivity contribution is 0.0905. The van der Waals surface area contributed by atoms with Crippen molar-refractivity contribution < 1.29 is 19.0 Å². The summed E-state index contributed by atoms with van der Waals surface area (Å²) in [7, 11) is 1.59. The summed E-state index contributed by atoms with van der Waals surface area (Å²) in [5.74, 6) is 0.751. The summed E-state index contributed by atoms with van der Waals surface area (Å²) >= 11 is 6.28. The van der Waals surface area contributed by atoms with Gasteiger partial charge in [0.05, 0.1) is 24.8 Å². The molecule has 1 unspecified atom stereocenters.